The average Bonchev–Trinajstić information content (AvgIpc) is 2.39. The Morgan fingerprint density at radius 1 is 1.00 bits per heavy atom. The summed E-state index contributed by atoms with van der Waals surface area (Å²) in [4.78, 5) is 12.0. The largest absolute Gasteiger partial charge is 0.508 e. The lowest BCUT2D eigenvalue weighted by Gasteiger charge is -2.10. The number of ether oxygens (including phenoxy) is 1. The molecule has 0 aliphatic carbocycles. The Morgan fingerprint density at radius 2 is 1.50 bits per heavy atom. The van der Waals surface area contributed by atoms with Crippen LogP contribution in [0.4, 0.5) is 0 Å². The Labute approximate surface area is 116 Å². The second-order valence-corrected chi connectivity index (χ2v) is 3.68. The van der Waals surface area contributed by atoms with Crippen molar-refractivity contribution in [3.8, 4) is 23.0 Å². The number of phenols is 3. The van der Waals surface area contributed by atoms with E-state index in [1.54, 1.807) is 0 Å². The third-order valence-electron chi connectivity index (χ3n) is 2.40. The maximum absolute atomic E-state index is 12.0. The third kappa shape index (κ3) is 3.08. The molecule has 0 aliphatic rings. The first kappa shape index (κ1) is 15.1. The van der Waals surface area contributed by atoms with Crippen LogP contribution in [0, 0.1) is 0 Å². The van der Waals surface area contributed by atoms with Crippen molar-refractivity contribution in [3.05, 3.63) is 61.2 Å². The van der Waals surface area contributed by atoms with Gasteiger partial charge in [0, 0.05) is 12.1 Å². The van der Waals surface area contributed by atoms with Crippen molar-refractivity contribution in [1.29, 1.82) is 0 Å². The second kappa shape index (κ2) is 6.29. The Bertz CT molecular complexity index is 578. The number of hydrogen-bond donors (Lipinski definition) is 3. The zero-order valence-corrected chi connectivity index (χ0v) is 10.7. The Morgan fingerprint density at radius 3 is 1.90 bits per heavy atom. The molecular formula is C15H14O5. The second-order valence-electron chi connectivity index (χ2n) is 3.68. The van der Waals surface area contributed by atoms with E-state index in [2.05, 4.69) is 19.7 Å². The van der Waals surface area contributed by atoms with Crippen LogP contribution < -0.4 is 4.74 Å². The van der Waals surface area contributed by atoms with Crippen molar-refractivity contribution in [1.82, 2.24) is 0 Å². The summed E-state index contributed by atoms with van der Waals surface area (Å²) >= 11 is 0. The zero-order chi connectivity index (χ0) is 15.3. The highest BCUT2D eigenvalue weighted by atomic mass is 16.5. The van der Waals surface area contributed by atoms with Crippen molar-refractivity contribution >= 4 is 5.97 Å². The molecule has 0 fully saturated rings. The smallest absolute Gasteiger partial charge is 0.344 e. The van der Waals surface area contributed by atoms with Crippen molar-refractivity contribution in [2.24, 2.45) is 0 Å². The van der Waals surface area contributed by atoms with Crippen molar-refractivity contribution < 1.29 is 24.9 Å². The molecule has 0 saturated carbocycles. The van der Waals surface area contributed by atoms with Crippen molar-refractivity contribution in [2.75, 3.05) is 0 Å². The highest BCUT2D eigenvalue weighted by Gasteiger charge is 2.18. The Hall–Kier alpha value is -2.95. The summed E-state index contributed by atoms with van der Waals surface area (Å²) in [5.74, 6) is -2.82. The molecular weight excluding hydrogens is 260 g/mol. The van der Waals surface area contributed by atoms with Gasteiger partial charge in [-0.2, -0.15) is 0 Å². The third-order valence-corrected chi connectivity index (χ3v) is 2.40. The lowest BCUT2D eigenvalue weighted by Crippen LogP contribution is -2.11. The molecule has 1 rings (SSSR count). The molecule has 1 aromatic rings. The molecule has 3 N–H and O–H groups in total. The fourth-order valence-electron chi connectivity index (χ4n) is 1.46. The summed E-state index contributed by atoms with van der Waals surface area (Å²) in [6.45, 7) is 10.5. The molecule has 0 unspecified atom stereocenters. The van der Waals surface area contributed by atoms with Crippen LogP contribution >= 0.6 is 0 Å². The van der Waals surface area contributed by atoms with Crippen LogP contribution in [-0.2, 0) is 4.79 Å². The number of carbonyl (C=O) groups is 1. The number of rotatable bonds is 5. The topological polar surface area (TPSA) is 87.0 Å². The first-order chi connectivity index (χ1) is 9.44. The summed E-state index contributed by atoms with van der Waals surface area (Å²) in [5, 5.41) is 28.3. The van der Waals surface area contributed by atoms with Gasteiger partial charge in [-0.05, 0) is 5.57 Å². The molecule has 0 heterocycles. The highest BCUT2D eigenvalue weighted by molar-refractivity contribution is 5.95. The Balaban J connectivity index is 3.20. The molecule has 5 nitrogen and oxygen atoms in total. The van der Waals surface area contributed by atoms with Gasteiger partial charge >= 0.3 is 5.97 Å². The van der Waals surface area contributed by atoms with Crippen LogP contribution in [0.1, 0.15) is 0 Å². The van der Waals surface area contributed by atoms with E-state index in [9.17, 15) is 15.0 Å². The minimum Gasteiger partial charge on any atom is -0.508 e. The summed E-state index contributed by atoms with van der Waals surface area (Å²) in [5.41, 5.74) is 0.463. The average molecular weight is 274 g/mol. The first-order valence-electron chi connectivity index (χ1n) is 5.53. The summed E-state index contributed by atoms with van der Waals surface area (Å²) in [7, 11) is 0. The summed E-state index contributed by atoms with van der Waals surface area (Å²) < 4.78 is 4.89. The van der Waals surface area contributed by atoms with E-state index in [4.69, 9.17) is 9.84 Å². The van der Waals surface area contributed by atoms with E-state index < -0.39 is 23.2 Å². The Kier molecular flexibility index (Phi) is 4.75. The van der Waals surface area contributed by atoms with Crippen molar-refractivity contribution in [2.45, 2.75) is 0 Å². The van der Waals surface area contributed by atoms with Crippen LogP contribution in [0.2, 0.25) is 0 Å². The number of carbonyl (C=O) groups excluding carboxylic acids is 1. The van der Waals surface area contributed by atoms with Gasteiger partial charge in [0.05, 0.1) is 5.57 Å². The van der Waals surface area contributed by atoms with E-state index in [0.717, 1.165) is 12.1 Å². The maximum atomic E-state index is 12.0. The molecule has 0 atom stereocenters. The molecule has 20 heavy (non-hydrogen) atoms. The lowest BCUT2D eigenvalue weighted by atomic mass is 10.1. The van der Waals surface area contributed by atoms with E-state index >= 15 is 0 Å². The fraction of sp³-hybridized carbons (Fsp3) is 0. The lowest BCUT2D eigenvalue weighted by molar-refractivity contribution is -0.130. The van der Waals surface area contributed by atoms with Crippen LogP contribution in [0.3, 0.4) is 0 Å². The first-order valence-corrected chi connectivity index (χ1v) is 5.53. The molecule has 1 aromatic carbocycles. The molecule has 0 spiro atoms. The van der Waals surface area contributed by atoms with Gasteiger partial charge in [0.2, 0.25) is 5.75 Å². The number of allylic oxidation sites excluding steroid dienone is 3. The van der Waals surface area contributed by atoms with Gasteiger partial charge in [-0.15, -0.1) is 0 Å². The van der Waals surface area contributed by atoms with Gasteiger partial charge in [-0.25, -0.2) is 4.79 Å². The maximum Gasteiger partial charge on any atom is 0.344 e. The van der Waals surface area contributed by atoms with Gasteiger partial charge in [-0.3, -0.25) is 0 Å². The summed E-state index contributed by atoms with van der Waals surface area (Å²) in [6, 6.07) is 1.86. The van der Waals surface area contributed by atoms with E-state index in [0.29, 0.717) is 5.57 Å². The monoisotopic (exact) mass is 274 g/mol. The number of aromatic hydroxyl groups is 3. The van der Waals surface area contributed by atoms with Crippen LogP contribution in [-0.4, -0.2) is 21.3 Å². The number of phenolic OH excluding ortho intramolecular Hbond substituents is 3. The van der Waals surface area contributed by atoms with Gasteiger partial charge in [0.25, 0.3) is 0 Å². The van der Waals surface area contributed by atoms with E-state index in [1.807, 2.05) is 0 Å². The molecule has 0 aliphatic heterocycles. The number of esters is 1. The van der Waals surface area contributed by atoms with Crippen LogP contribution in [0.25, 0.3) is 0 Å². The van der Waals surface area contributed by atoms with E-state index in [1.165, 1.54) is 18.2 Å². The number of benzene rings is 1. The van der Waals surface area contributed by atoms with Gasteiger partial charge in [0.1, 0.15) is 5.75 Å². The van der Waals surface area contributed by atoms with Gasteiger partial charge < -0.3 is 20.1 Å². The highest BCUT2D eigenvalue weighted by Crippen LogP contribution is 2.39. The molecule has 0 saturated heterocycles. The standard InChI is InChI=1S/C15H14O5/c1-4-9(5-2)11(6-3)15(19)20-14-12(17)7-10(16)8-13(14)18/h4-8,16-18H,1-3H2. The molecule has 104 valence electrons. The number of hydrogen-bond acceptors (Lipinski definition) is 5. The normalized spacial score (nSPS) is 9.40. The van der Waals surface area contributed by atoms with Crippen LogP contribution in [0.15, 0.2) is 61.2 Å². The predicted molar refractivity (Wildman–Crippen MR) is 74.7 cm³/mol. The minimum absolute atomic E-state index is 0.0712. The molecule has 0 aromatic heterocycles. The molecule has 0 radical (unpaired) electrons. The quantitative estimate of drug-likeness (QED) is 0.332. The fourth-order valence-corrected chi connectivity index (χ4v) is 1.46. The summed E-state index contributed by atoms with van der Waals surface area (Å²) in [6.07, 6.45) is 4.03. The van der Waals surface area contributed by atoms with Gasteiger partial charge in [0.15, 0.2) is 11.5 Å². The van der Waals surface area contributed by atoms with Crippen molar-refractivity contribution in [3.63, 3.8) is 0 Å². The van der Waals surface area contributed by atoms with Crippen LogP contribution in [0.5, 0.6) is 23.0 Å². The zero-order valence-electron chi connectivity index (χ0n) is 10.7. The molecule has 0 amide bonds. The predicted octanol–water partition coefficient (Wildman–Crippen LogP) is 2.56. The van der Waals surface area contributed by atoms with E-state index in [-0.39, 0.29) is 11.3 Å². The SMILES string of the molecule is C=CC(C=C)=C(C=C)C(=O)Oc1c(O)cc(O)cc1O. The molecule has 0 bridgehead atoms. The van der Waals surface area contributed by atoms with Gasteiger partial charge in [-0.1, -0.05) is 38.0 Å². The molecule has 5 heteroatoms. The minimum atomic E-state index is -0.855.